The van der Waals surface area contributed by atoms with Gasteiger partial charge in [-0.25, -0.2) is 0 Å². The van der Waals surface area contributed by atoms with Crippen molar-refractivity contribution in [2.24, 2.45) is 16.7 Å². The maximum absolute atomic E-state index is 2.46. The second kappa shape index (κ2) is 4.08. The van der Waals surface area contributed by atoms with Crippen LogP contribution in [-0.2, 0) is 0 Å². The van der Waals surface area contributed by atoms with Crippen molar-refractivity contribution >= 4 is 11.8 Å². The predicted octanol–water partition coefficient (Wildman–Crippen LogP) is 4.59. The van der Waals surface area contributed by atoms with Crippen LogP contribution in [0.3, 0.4) is 0 Å². The summed E-state index contributed by atoms with van der Waals surface area (Å²) in [5.74, 6) is 0.931. The standard InChI is InChI=1S/C13H26S/c1-12(2,3)13(4,5)10-7-8-11(9-10)14-6/h10-11H,7-9H2,1-6H3. The van der Waals surface area contributed by atoms with Crippen LogP contribution in [0.15, 0.2) is 0 Å². The van der Waals surface area contributed by atoms with Crippen LogP contribution < -0.4 is 0 Å². The van der Waals surface area contributed by atoms with Gasteiger partial charge in [-0.3, -0.25) is 0 Å². The Morgan fingerprint density at radius 2 is 1.57 bits per heavy atom. The van der Waals surface area contributed by atoms with E-state index in [2.05, 4.69) is 52.6 Å². The molecule has 1 saturated carbocycles. The summed E-state index contributed by atoms with van der Waals surface area (Å²) in [6, 6.07) is 0. The zero-order chi connectivity index (χ0) is 11.0. The van der Waals surface area contributed by atoms with Crippen LogP contribution in [0.25, 0.3) is 0 Å². The van der Waals surface area contributed by atoms with Gasteiger partial charge in [0.05, 0.1) is 0 Å². The van der Waals surface area contributed by atoms with Gasteiger partial charge in [0.15, 0.2) is 0 Å². The normalized spacial score (nSPS) is 29.6. The summed E-state index contributed by atoms with van der Waals surface area (Å²) < 4.78 is 0. The molecule has 0 aliphatic heterocycles. The summed E-state index contributed by atoms with van der Waals surface area (Å²) in [5.41, 5.74) is 0.919. The van der Waals surface area contributed by atoms with Gasteiger partial charge in [-0.2, -0.15) is 11.8 Å². The Morgan fingerprint density at radius 1 is 1.00 bits per heavy atom. The average molecular weight is 214 g/mol. The Bertz CT molecular complexity index is 188. The molecular formula is C13H26S. The summed E-state index contributed by atoms with van der Waals surface area (Å²) in [4.78, 5) is 0. The van der Waals surface area contributed by atoms with Gasteiger partial charge in [-0.15, -0.1) is 0 Å². The molecule has 1 fully saturated rings. The molecule has 0 aromatic carbocycles. The fourth-order valence-corrected chi connectivity index (χ4v) is 3.22. The maximum Gasteiger partial charge on any atom is 0.00472 e. The van der Waals surface area contributed by atoms with E-state index in [1.807, 2.05) is 0 Å². The van der Waals surface area contributed by atoms with Crippen molar-refractivity contribution in [3.8, 4) is 0 Å². The minimum absolute atomic E-state index is 0.435. The summed E-state index contributed by atoms with van der Waals surface area (Å²) in [5, 5.41) is 0.932. The van der Waals surface area contributed by atoms with Gasteiger partial charge in [-0.1, -0.05) is 34.6 Å². The van der Waals surface area contributed by atoms with Gasteiger partial charge >= 0.3 is 0 Å². The van der Waals surface area contributed by atoms with Crippen molar-refractivity contribution in [2.45, 2.75) is 59.1 Å². The van der Waals surface area contributed by atoms with Gasteiger partial charge in [0.2, 0.25) is 0 Å². The smallest absolute Gasteiger partial charge is 0.00472 e. The quantitative estimate of drug-likeness (QED) is 0.648. The van der Waals surface area contributed by atoms with Crippen LogP contribution in [0.5, 0.6) is 0 Å². The van der Waals surface area contributed by atoms with E-state index in [1.165, 1.54) is 19.3 Å². The van der Waals surface area contributed by atoms with Gasteiger partial charge < -0.3 is 0 Å². The lowest BCUT2D eigenvalue weighted by Gasteiger charge is -2.44. The average Bonchev–Trinajstić information content (AvgIpc) is 2.49. The van der Waals surface area contributed by atoms with Gasteiger partial charge in [-0.05, 0) is 42.3 Å². The van der Waals surface area contributed by atoms with Crippen molar-refractivity contribution in [3.63, 3.8) is 0 Å². The molecule has 1 heteroatoms. The summed E-state index contributed by atoms with van der Waals surface area (Å²) in [6.45, 7) is 12.1. The molecule has 0 spiro atoms. The first-order valence-corrected chi connectivity index (χ1v) is 7.10. The molecule has 0 amide bonds. The van der Waals surface area contributed by atoms with Crippen LogP contribution in [0.2, 0.25) is 0 Å². The number of rotatable bonds is 2. The van der Waals surface area contributed by atoms with Crippen LogP contribution in [-0.4, -0.2) is 11.5 Å². The molecule has 0 radical (unpaired) electrons. The van der Waals surface area contributed by atoms with Crippen LogP contribution in [0.4, 0.5) is 0 Å². The highest BCUT2D eigenvalue weighted by Crippen LogP contribution is 2.51. The van der Waals surface area contributed by atoms with Crippen molar-refractivity contribution in [1.29, 1.82) is 0 Å². The molecule has 1 rings (SSSR count). The highest BCUT2D eigenvalue weighted by Gasteiger charge is 2.42. The van der Waals surface area contributed by atoms with E-state index in [0.717, 1.165) is 11.2 Å². The van der Waals surface area contributed by atoms with Gasteiger partial charge in [0.25, 0.3) is 0 Å². The van der Waals surface area contributed by atoms with Gasteiger partial charge in [0, 0.05) is 5.25 Å². The Morgan fingerprint density at radius 3 is 1.93 bits per heavy atom. The van der Waals surface area contributed by atoms with E-state index in [1.54, 1.807) is 0 Å². The van der Waals surface area contributed by atoms with E-state index in [4.69, 9.17) is 0 Å². The largest absolute Gasteiger partial charge is 0.162 e. The van der Waals surface area contributed by atoms with Crippen molar-refractivity contribution in [3.05, 3.63) is 0 Å². The first-order valence-electron chi connectivity index (χ1n) is 5.82. The topological polar surface area (TPSA) is 0 Å². The highest BCUT2D eigenvalue weighted by atomic mass is 32.2. The van der Waals surface area contributed by atoms with E-state index in [-0.39, 0.29) is 0 Å². The molecule has 0 heterocycles. The van der Waals surface area contributed by atoms with E-state index in [0.29, 0.717) is 10.8 Å². The highest BCUT2D eigenvalue weighted by molar-refractivity contribution is 7.99. The third-order valence-corrected chi connectivity index (χ3v) is 5.77. The lowest BCUT2D eigenvalue weighted by Crippen LogP contribution is -2.36. The molecule has 14 heavy (non-hydrogen) atoms. The monoisotopic (exact) mass is 214 g/mol. The fourth-order valence-electron chi connectivity index (χ4n) is 2.42. The molecule has 1 aliphatic rings. The van der Waals surface area contributed by atoms with Gasteiger partial charge in [0.1, 0.15) is 0 Å². The van der Waals surface area contributed by atoms with E-state index < -0.39 is 0 Å². The predicted molar refractivity (Wildman–Crippen MR) is 67.9 cm³/mol. The van der Waals surface area contributed by atoms with Crippen molar-refractivity contribution in [2.75, 3.05) is 6.26 Å². The Balaban J connectivity index is 2.66. The second-order valence-electron chi connectivity index (χ2n) is 6.34. The second-order valence-corrected chi connectivity index (χ2v) is 7.48. The molecule has 0 aromatic rings. The molecule has 84 valence electrons. The number of hydrogen-bond donors (Lipinski definition) is 0. The van der Waals surface area contributed by atoms with Crippen LogP contribution in [0, 0.1) is 16.7 Å². The maximum atomic E-state index is 2.46. The Kier molecular flexibility index (Phi) is 3.62. The van der Waals surface area contributed by atoms with Crippen molar-refractivity contribution < 1.29 is 0 Å². The van der Waals surface area contributed by atoms with Crippen molar-refractivity contribution in [1.82, 2.24) is 0 Å². The Hall–Kier alpha value is 0.350. The Labute approximate surface area is 94.2 Å². The molecule has 1 aliphatic carbocycles. The summed E-state index contributed by atoms with van der Waals surface area (Å²) in [6.07, 6.45) is 6.57. The van der Waals surface area contributed by atoms with E-state index in [9.17, 15) is 0 Å². The van der Waals surface area contributed by atoms with Crippen LogP contribution in [0.1, 0.15) is 53.9 Å². The van der Waals surface area contributed by atoms with E-state index >= 15 is 0 Å². The minimum Gasteiger partial charge on any atom is -0.162 e. The molecule has 0 aromatic heterocycles. The van der Waals surface area contributed by atoms with Crippen LogP contribution >= 0.6 is 11.8 Å². The minimum atomic E-state index is 0.435. The molecular weight excluding hydrogens is 188 g/mol. The zero-order valence-corrected chi connectivity index (χ0v) is 11.5. The first-order chi connectivity index (χ1) is 6.29. The third-order valence-electron chi connectivity index (χ3n) is 4.67. The molecule has 0 N–H and O–H groups in total. The molecule has 0 bridgehead atoms. The fraction of sp³-hybridized carbons (Fsp3) is 1.00. The summed E-state index contributed by atoms with van der Waals surface area (Å²) in [7, 11) is 0. The molecule has 0 nitrogen and oxygen atoms in total. The zero-order valence-electron chi connectivity index (χ0n) is 10.7. The summed E-state index contributed by atoms with van der Waals surface area (Å²) >= 11 is 2.06. The molecule has 2 unspecified atom stereocenters. The molecule has 2 atom stereocenters. The molecule has 0 saturated heterocycles. The number of thioether (sulfide) groups is 1. The lowest BCUT2D eigenvalue weighted by atomic mass is 9.61. The SMILES string of the molecule is CSC1CCC(C(C)(C)C(C)(C)C)C1. The third kappa shape index (κ3) is 2.29. The first kappa shape index (κ1) is 12.4. The number of hydrogen-bond acceptors (Lipinski definition) is 1. The lowest BCUT2D eigenvalue weighted by molar-refractivity contribution is 0.0580.